The average Bonchev–Trinajstić information content (AvgIpc) is 4.15. The van der Waals surface area contributed by atoms with Crippen LogP contribution in [0.1, 0.15) is 73.3 Å². The monoisotopic (exact) mass is 1040 g/mol. The summed E-state index contributed by atoms with van der Waals surface area (Å²) in [6.07, 6.45) is 6.68. The first kappa shape index (κ1) is 50.6. The molecule has 1 aliphatic carbocycles. The van der Waals surface area contributed by atoms with Crippen molar-refractivity contribution in [3.63, 3.8) is 0 Å². The van der Waals surface area contributed by atoms with Gasteiger partial charge >= 0.3 is 12.2 Å². The van der Waals surface area contributed by atoms with Gasteiger partial charge in [0.25, 0.3) is 0 Å². The Labute approximate surface area is 422 Å². The van der Waals surface area contributed by atoms with Crippen molar-refractivity contribution in [2.24, 2.45) is 23.7 Å². The molecule has 15 nitrogen and oxygen atoms in total. The van der Waals surface area contributed by atoms with Gasteiger partial charge in [0.15, 0.2) is 11.2 Å². The van der Waals surface area contributed by atoms with Crippen LogP contribution in [0.5, 0.6) is 0 Å². The van der Waals surface area contributed by atoms with Crippen molar-refractivity contribution in [2.75, 3.05) is 30.7 Å². The highest BCUT2D eigenvalue weighted by atomic mass is 32.2. The molecule has 0 aromatic heterocycles. The third-order valence-corrected chi connectivity index (χ3v) is 19.8. The molecule has 0 bridgehead atoms. The van der Waals surface area contributed by atoms with Crippen molar-refractivity contribution in [3.8, 4) is 0 Å². The van der Waals surface area contributed by atoms with E-state index >= 15 is 4.39 Å². The second kappa shape index (κ2) is 23.0. The zero-order valence-electron chi connectivity index (χ0n) is 38.3. The second-order valence-electron chi connectivity index (χ2n) is 18.6. The van der Waals surface area contributed by atoms with Gasteiger partial charge in [-0.2, -0.15) is 0 Å². The number of rotatable bonds is 14. The van der Waals surface area contributed by atoms with Gasteiger partial charge in [0.1, 0.15) is 30.2 Å². The molecule has 0 radical (unpaired) electrons. The maximum absolute atomic E-state index is 15.4. The fraction of sp³-hybridized carbons (Fsp3) is 0.510. The van der Waals surface area contributed by atoms with E-state index in [9.17, 15) is 33.2 Å². The number of hydrogen-bond donors (Lipinski definition) is 7. The maximum Gasteiger partial charge on any atom is 0.414 e. The van der Waals surface area contributed by atoms with Crippen LogP contribution >= 0.6 is 47.0 Å². The summed E-state index contributed by atoms with van der Waals surface area (Å²) in [5.41, 5.74) is 1.59. The molecule has 9 rings (SSSR count). The SMILES string of the molecule is O=CC1(CNC2SCCC2C(=O)NC(=O)OCc2cc(C3CC(C(=O)NC(=O)OCc4ccccc4F)C(NC(=O)C4NC5CNCC(C6CCCCCC6)C5S4)S3)ccc2F)Nc2ccccc2S1. The topological polar surface area (TPSA) is 205 Å². The lowest BCUT2D eigenvalue weighted by molar-refractivity contribution is -0.126. The molecule has 7 N–H and O–H groups in total. The number of halogens is 2. The zero-order valence-corrected chi connectivity index (χ0v) is 41.5. The zero-order chi connectivity index (χ0) is 48.8. The summed E-state index contributed by atoms with van der Waals surface area (Å²) in [5, 5.41) is 19.4. The van der Waals surface area contributed by atoms with Crippen molar-refractivity contribution in [1.29, 1.82) is 0 Å². The number of aldehydes is 1. The number of ether oxygens (including phenoxy) is 2. The van der Waals surface area contributed by atoms with Gasteiger partial charge in [-0.15, -0.1) is 35.3 Å². The minimum absolute atomic E-state index is 0.0228. The quantitative estimate of drug-likeness (QED) is 0.0657. The van der Waals surface area contributed by atoms with E-state index in [4.69, 9.17) is 9.47 Å². The van der Waals surface area contributed by atoms with Gasteiger partial charge in [0, 0.05) is 51.3 Å². The molecule has 70 heavy (non-hydrogen) atoms. The number of hydrogen-bond acceptors (Lipinski definition) is 16. The standard InChI is InChI=1S/C49H57F2N7O8S4/c50-34-12-6-5-11-29(34)23-65-48(64)57-42(61)32-20-39(68-45(32)55-43(62)46-54-37-22-52-21-33(40(37)69-46)27-9-3-1-2-4-10-27)28-15-16-35(51)30(19-28)24-66-47(63)56-41(60)31-17-18-67-44(31)53-25-49(26-59)58-36-13-7-8-14-38(36)70-49/h5-8,11-16,19,26-27,31-33,37,39-40,44-46,52-54,58H,1-4,9-10,17-18,20-25H2,(H,55,62)(H,56,60,63)(H,57,61,64). The van der Waals surface area contributed by atoms with Crippen LogP contribution in [0.2, 0.25) is 0 Å². The maximum atomic E-state index is 15.4. The number of nitrogens with one attached hydrogen (secondary N) is 7. The summed E-state index contributed by atoms with van der Waals surface area (Å²) in [6, 6.07) is 17.8. The Morgan fingerprint density at radius 2 is 1.49 bits per heavy atom. The summed E-state index contributed by atoms with van der Waals surface area (Å²) < 4.78 is 40.2. The number of alkyl carbamates (subject to hydrolysis) is 2. The van der Waals surface area contributed by atoms with Crippen LogP contribution in [0, 0.1) is 35.3 Å². The Morgan fingerprint density at radius 1 is 0.771 bits per heavy atom. The number of piperidine rings is 1. The summed E-state index contributed by atoms with van der Waals surface area (Å²) in [6.45, 7) is 0.973. The van der Waals surface area contributed by atoms with Gasteiger partial charge in [-0.1, -0.05) is 86.7 Å². The van der Waals surface area contributed by atoms with Gasteiger partial charge in [-0.3, -0.25) is 35.1 Å². The van der Waals surface area contributed by atoms with Crippen LogP contribution in [0.25, 0.3) is 0 Å². The Bertz CT molecular complexity index is 2410. The van der Waals surface area contributed by atoms with Crippen molar-refractivity contribution in [3.05, 3.63) is 95.1 Å². The van der Waals surface area contributed by atoms with Crippen molar-refractivity contribution < 1.29 is 47.0 Å². The average molecular weight is 1040 g/mol. The lowest BCUT2D eigenvalue weighted by Crippen LogP contribution is -2.54. The number of para-hydroxylation sites is 1. The molecular formula is C49H57F2N7O8S4. The summed E-state index contributed by atoms with van der Waals surface area (Å²) >= 11 is 5.84. The van der Waals surface area contributed by atoms with Crippen LogP contribution < -0.4 is 37.2 Å². The number of benzene rings is 3. The number of anilines is 1. The summed E-state index contributed by atoms with van der Waals surface area (Å²) in [4.78, 5) is 79.6. The first-order chi connectivity index (χ1) is 34.0. The van der Waals surface area contributed by atoms with Crippen molar-refractivity contribution >= 4 is 88.9 Å². The molecule has 10 atom stereocenters. The molecule has 0 spiro atoms. The Morgan fingerprint density at radius 3 is 2.24 bits per heavy atom. The smallest absolute Gasteiger partial charge is 0.414 e. The predicted molar refractivity (Wildman–Crippen MR) is 267 cm³/mol. The molecule has 6 aliphatic rings. The molecule has 4 saturated heterocycles. The molecular weight excluding hydrogens is 981 g/mol. The normalized spacial score (nSPS) is 29.4. The van der Waals surface area contributed by atoms with E-state index in [2.05, 4.69) is 37.2 Å². The first-order valence-corrected chi connectivity index (χ1v) is 27.6. The molecule has 3 aromatic carbocycles. The molecule has 21 heteroatoms. The third kappa shape index (κ3) is 11.9. The number of carbonyl (C=O) groups is 6. The van der Waals surface area contributed by atoms with E-state index in [-0.39, 0.29) is 46.7 Å². The highest BCUT2D eigenvalue weighted by Gasteiger charge is 2.48. The van der Waals surface area contributed by atoms with Crippen molar-refractivity contribution in [1.82, 2.24) is 31.9 Å². The minimum atomic E-state index is -1.07. The molecule has 5 fully saturated rings. The lowest BCUT2D eigenvalue weighted by Gasteiger charge is -2.38. The van der Waals surface area contributed by atoms with E-state index in [0.717, 1.165) is 30.0 Å². The van der Waals surface area contributed by atoms with E-state index in [1.807, 2.05) is 24.3 Å². The van der Waals surface area contributed by atoms with E-state index < -0.39 is 81.6 Å². The van der Waals surface area contributed by atoms with Crippen LogP contribution in [0.15, 0.2) is 71.6 Å². The highest BCUT2D eigenvalue weighted by molar-refractivity contribution is 8.02. The molecule has 5 heterocycles. The molecule has 5 amide bonds. The molecule has 374 valence electrons. The van der Waals surface area contributed by atoms with Gasteiger partial charge in [-0.25, -0.2) is 18.4 Å². The first-order valence-electron chi connectivity index (χ1n) is 23.9. The lowest BCUT2D eigenvalue weighted by atomic mass is 9.80. The number of fused-ring (bicyclic) bond motifs is 2. The highest BCUT2D eigenvalue weighted by Crippen LogP contribution is 2.49. The van der Waals surface area contributed by atoms with Crippen LogP contribution in [-0.2, 0) is 41.9 Å². The summed E-state index contributed by atoms with van der Waals surface area (Å²) in [7, 11) is 0. The molecule has 3 aromatic rings. The molecule has 1 saturated carbocycles. The van der Waals surface area contributed by atoms with Gasteiger partial charge in [0.05, 0.1) is 22.6 Å². The van der Waals surface area contributed by atoms with Gasteiger partial charge in [0.2, 0.25) is 17.7 Å². The number of imide groups is 2. The van der Waals surface area contributed by atoms with Gasteiger partial charge in [-0.05, 0) is 72.9 Å². The third-order valence-electron chi connectivity index (χ3n) is 14.0. The predicted octanol–water partition coefficient (Wildman–Crippen LogP) is 6.78. The minimum Gasteiger partial charge on any atom is -0.444 e. The Balaban J connectivity index is 0.824. The van der Waals surface area contributed by atoms with Crippen LogP contribution in [0.3, 0.4) is 0 Å². The second-order valence-corrected chi connectivity index (χ2v) is 23.9. The van der Waals surface area contributed by atoms with E-state index in [1.54, 1.807) is 23.9 Å². The molecule has 5 aliphatic heterocycles. The number of carbonyl (C=O) groups excluding carboxylic acids is 6. The van der Waals surface area contributed by atoms with E-state index in [1.165, 1.54) is 104 Å². The van der Waals surface area contributed by atoms with Crippen LogP contribution in [0.4, 0.5) is 24.1 Å². The van der Waals surface area contributed by atoms with Gasteiger partial charge < -0.3 is 30.7 Å². The Hall–Kier alpha value is -4.38. The molecule has 10 unspecified atom stereocenters. The fourth-order valence-electron chi connectivity index (χ4n) is 10.3. The summed E-state index contributed by atoms with van der Waals surface area (Å²) in [5.74, 6) is -2.64. The largest absolute Gasteiger partial charge is 0.444 e. The van der Waals surface area contributed by atoms with Crippen molar-refractivity contribution in [2.45, 2.75) is 107 Å². The number of thioether (sulfide) groups is 4. The Kier molecular flexibility index (Phi) is 16.6. The van der Waals surface area contributed by atoms with Crippen LogP contribution in [-0.4, -0.2) is 93.9 Å². The van der Waals surface area contributed by atoms with E-state index in [0.29, 0.717) is 29.6 Å². The number of amides is 5. The fourth-order valence-corrected chi connectivity index (χ4v) is 16.0.